The number of pyridine rings is 1. The Morgan fingerprint density at radius 3 is 2.62 bits per heavy atom. The van der Waals surface area contributed by atoms with Gasteiger partial charge in [0.15, 0.2) is 10.8 Å². The standard InChI is InChI=1S/C21H22N6OS/c1-13-7-14(2)9-17(8-13)27-6-5-22-21(27)29-12-19(28)24-16-10-18-15(3)25-26(4)20(18)23-11-16/h5-11H,12H2,1-4H3,(H,24,28). The number of rotatable bonds is 5. The molecule has 0 saturated carbocycles. The molecule has 1 amide bonds. The van der Waals surface area contributed by atoms with E-state index in [0.717, 1.165) is 27.6 Å². The second-order valence-corrected chi connectivity index (χ2v) is 8.01. The lowest BCUT2D eigenvalue weighted by Crippen LogP contribution is -2.14. The molecule has 0 saturated heterocycles. The molecule has 1 N–H and O–H groups in total. The number of amides is 1. The average Bonchev–Trinajstić information content (AvgIpc) is 3.24. The molecule has 148 valence electrons. The quantitative estimate of drug-likeness (QED) is 0.510. The van der Waals surface area contributed by atoms with Gasteiger partial charge in [-0.05, 0) is 50.1 Å². The van der Waals surface area contributed by atoms with E-state index in [1.54, 1.807) is 17.1 Å². The van der Waals surface area contributed by atoms with E-state index in [2.05, 4.69) is 52.4 Å². The fourth-order valence-electron chi connectivity index (χ4n) is 3.39. The number of fused-ring (bicyclic) bond motifs is 1. The summed E-state index contributed by atoms with van der Waals surface area (Å²) in [5, 5.41) is 8.98. The van der Waals surface area contributed by atoms with Crippen LogP contribution in [0.25, 0.3) is 16.7 Å². The van der Waals surface area contributed by atoms with Crippen molar-refractivity contribution < 1.29 is 4.79 Å². The molecule has 0 spiro atoms. The van der Waals surface area contributed by atoms with Crippen LogP contribution in [0.4, 0.5) is 5.69 Å². The van der Waals surface area contributed by atoms with Gasteiger partial charge in [-0.15, -0.1) is 0 Å². The molecular formula is C21H22N6OS. The number of aryl methyl sites for hydroxylation is 4. The first-order chi connectivity index (χ1) is 13.9. The molecule has 4 rings (SSSR count). The Morgan fingerprint density at radius 2 is 1.86 bits per heavy atom. The van der Waals surface area contributed by atoms with Gasteiger partial charge in [-0.3, -0.25) is 14.0 Å². The van der Waals surface area contributed by atoms with Crippen LogP contribution in [-0.4, -0.2) is 36.0 Å². The monoisotopic (exact) mass is 406 g/mol. The van der Waals surface area contributed by atoms with E-state index in [9.17, 15) is 4.79 Å². The molecule has 0 aliphatic rings. The molecule has 8 heteroatoms. The smallest absolute Gasteiger partial charge is 0.234 e. The van der Waals surface area contributed by atoms with Crippen LogP contribution >= 0.6 is 11.8 Å². The summed E-state index contributed by atoms with van der Waals surface area (Å²) >= 11 is 1.40. The first-order valence-corrected chi connectivity index (χ1v) is 10.2. The minimum atomic E-state index is -0.104. The minimum absolute atomic E-state index is 0.104. The Hall–Kier alpha value is -3.13. The van der Waals surface area contributed by atoms with E-state index in [4.69, 9.17) is 0 Å². The van der Waals surface area contributed by atoms with E-state index in [1.165, 1.54) is 22.9 Å². The Labute approximate surface area is 173 Å². The number of carbonyl (C=O) groups is 1. The van der Waals surface area contributed by atoms with Crippen LogP contribution in [0.3, 0.4) is 0 Å². The van der Waals surface area contributed by atoms with Gasteiger partial charge in [0.05, 0.1) is 23.3 Å². The van der Waals surface area contributed by atoms with Gasteiger partial charge < -0.3 is 5.32 Å². The van der Waals surface area contributed by atoms with Gasteiger partial charge in [0.2, 0.25) is 5.91 Å². The summed E-state index contributed by atoms with van der Waals surface area (Å²) in [4.78, 5) is 21.3. The zero-order valence-corrected chi connectivity index (χ0v) is 17.6. The summed E-state index contributed by atoms with van der Waals surface area (Å²) in [6.07, 6.45) is 5.32. The summed E-state index contributed by atoms with van der Waals surface area (Å²) in [5.74, 6) is 0.152. The minimum Gasteiger partial charge on any atom is -0.324 e. The van der Waals surface area contributed by atoms with Crippen molar-refractivity contribution in [3.05, 3.63) is 59.7 Å². The van der Waals surface area contributed by atoms with Crippen LogP contribution < -0.4 is 5.32 Å². The molecule has 3 aromatic heterocycles. The van der Waals surface area contributed by atoms with E-state index >= 15 is 0 Å². The Balaban J connectivity index is 1.46. The van der Waals surface area contributed by atoms with Crippen LogP contribution in [-0.2, 0) is 11.8 Å². The van der Waals surface area contributed by atoms with Crippen LogP contribution in [0.5, 0.6) is 0 Å². The number of thioether (sulfide) groups is 1. The highest BCUT2D eigenvalue weighted by molar-refractivity contribution is 7.99. The molecule has 0 aliphatic carbocycles. The molecule has 0 unspecified atom stereocenters. The van der Waals surface area contributed by atoms with Gasteiger partial charge in [0.25, 0.3) is 0 Å². The number of anilines is 1. The average molecular weight is 407 g/mol. The highest BCUT2D eigenvalue weighted by Gasteiger charge is 2.12. The van der Waals surface area contributed by atoms with E-state index in [-0.39, 0.29) is 11.7 Å². The number of hydrogen-bond acceptors (Lipinski definition) is 5. The number of carbonyl (C=O) groups excluding carboxylic acids is 1. The maximum Gasteiger partial charge on any atom is 0.234 e. The molecule has 0 radical (unpaired) electrons. The molecule has 3 heterocycles. The predicted molar refractivity (Wildman–Crippen MR) is 116 cm³/mol. The zero-order valence-electron chi connectivity index (χ0n) is 16.8. The van der Waals surface area contributed by atoms with Crippen LogP contribution in [0.1, 0.15) is 16.8 Å². The normalized spacial score (nSPS) is 11.2. The van der Waals surface area contributed by atoms with E-state index < -0.39 is 0 Å². The lowest BCUT2D eigenvalue weighted by atomic mass is 10.1. The zero-order chi connectivity index (χ0) is 20.5. The maximum atomic E-state index is 12.5. The molecule has 0 bridgehead atoms. The molecule has 0 aliphatic heterocycles. The van der Waals surface area contributed by atoms with Crippen molar-refractivity contribution in [2.75, 3.05) is 11.1 Å². The van der Waals surface area contributed by atoms with Crippen molar-refractivity contribution in [3.8, 4) is 5.69 Å². The Kier molecular flexibility index (Phi) is 5.10. The van der Waals surface area contributed by atoms with Crippen molar-refractivity contribution in [3.63, 3.8) is 0 Å². The molecular weight excluding hydrogens is 384 g/mol. The first kappa shape index (κ1) is 19.2. The van der Waals surface area contributed by atoms with Gasteiger partial charge in [-0.25, -0.2) is 9.97 Å². The molecule has 29 heavy (non-hydrogen) atoms. The van der Waals surface area contributed by atoms with Crippen LogP contribution in [0.2, 0.25) is 0 Å². The van der Waals surface area contributed by atoms with Gasteiger partial charge in [-0.2, -0.15) is 5.10 Å². The third-order valence-electron chi connectivity index (χ3n) is 4.57. The summed E-state index contributed by atoms with van der Waals surface area (Å²) < 4.78 is 3.74. The van der Waals surface area contributed by atoms with E-state index in [0.29, 0.717) is 5.69 Å². The Bertz CT molecular complexity index is 1190. The van der Waals surface area contributed by atoms with Crippen molar-refractivity contribution in [2.24, 2.45) is 7.05 Å². The second kappa shape index (κ2) is 7.71. The number of benzene rings is 1. The molecule has 1 aromatic carbocycles. The number of hydrogen-bond donors (Lipinski definition) is 1. The van der Waals surface area contributed by atoms with Crippen molar-refractivity contribution in [1.29, 1.82) is 0 Å². The fourth-order valence-corrected chi connectivity index (χ4v) is 4.16. The highest BCUT2D eigenvalue weighted by Crippen LogP contribution is 2.23. The van der Waals surface area contributed by atoms with Gasteiger partial charge >= 0.3 is 0 Å². The van der Waals surface area contributed by atoms with Crippen molar-refractivity contribution in [2.45, 2.75) is 25.9 Å². The van der Waals surface area contributed by atoms with E-state index in [1.807, 2.05) is 30.8 Å². The summed E-state index contributed by atoms with van der Waals surface area (Å²) in [5.41, 5.74) is 5.77. The SMILES string of the molecule is Cc1cc(C)cc(-n2ccnc2SCC(=O)Nc2cnc3c(c2)c(C)nn3C)c1. The Morgan fingerprint density at radius 1 is 1.10 bits per heavy atom. The highest BCUT2D eigenvalue weighted by atomic mass is 32.2. The lowest BCUT2D eigenvalue weighted by Gasteiger charge is -2.10. The fraction of sp³-hybridized carbons (Fsp3) is 0.238. The van der Waals surface area contributed by atoms with Crippen LogP contribution in [0, 0.1) is 20.8 Å². The van der Waals surface area contributed by atoms with Crippen molar-refractivity contribution >= 4 is 34.4 Å². The topological polar surface area (TPSA) is 77.6 Å². The number of nitrogens with zero attached hydrogens (tertiary/aromatic N) is 5. The number of nitrogens with one attached hydrogen (secondary N) is 1. The maximum absolute atomic E-state index is 12.5. The van der Waals surface area contributed by atoms with Gasteiger partial charge in [0.1, 0.15) is 0 Å². The third kappa shape index (κ3) is 4.02. The molecule has 0 atom stereocenters. The summed E-state index contributed by atoms with van der Waals surface area (Å²) in [7, 11) is 1.86. The lowest BCUT2D eigenvalue weighted by molar-refractivity contribution is -0.113. The van der Waals surface area contributed by atoms with Crippen molar-refractivity contribution in [1.82, 2.24) is 24.3 Å². The molecule has 7 nitrogen and oxygen atoms in total. The molecule has 4 aromatic rings. The van der Waals surface area contributed by atoms with Crippen LogP contribution in [0.15, 0.2) is 48.0 Å². The van der Waals surface area contributed by atoms with Gasteiger partial charge in [-0.1, -0.05) is 17.8 Å². The first-order valence-electron chi connectivity index (χ1n) is 9.25. The summed E-state index contributed by atoms with van der Waals surface area (Å²) in [6, 6.07) is 8.26. The van der Waals surface area contributed by atoms with Gasteiger partial charge in [0, 0.05) is 30.5 Å². The number of imidazole rings is 1. The summed E-state index contributed by atoms with van der Waals surface area (Å²) in [6.45, 7) is 6.07. The third-order valence-corrected chi connectivity index (χ3v) is 5.54. The predicted octanol–water partition coefficient (Wildman–Crippen LogP) is 3.81. The molecule has 0 fully saturated rings. The number of aromatic nitrogens is 5. The largest absolute Gasteiger partial charge is 0.324 e. The second-order valence-electron chi connectivity index (χ2n) is 7.07.